The largest absolute Gasteiger partial charge is 0.488 e. The molecule has 0 aliphatic heterocycles. The Bertz CT molecular complexity index is 2100. The van der Waals surface area contributed by atoms with Crippen LogP contribution in [0.25, 0.3) is 33.4 Å². The van der Waals surface area contributed by atoms with Crippen LogP contribution in [0.4, 0.5) is 0 Å². The summed E-state index contributed by atoms with van der Waals surface area (Å²) in [6, 6.07) is 46.2. The SMILES string of the molecule is Brc1cccc(I)c1.C.CC1(C)c2ccccc2-c2cccc(-c3cccc(Br)c3)c21.CC1(C)c2ccccc2-c2cccc(B(O)O)c21. The summed E-state index contributed by atoms with van der Waals surface area (Å²) in [6.07, 6.45) is 0. The molecule has 6 aromatic carbocycles. The highest BCUT2D eigenvalue weighted by Gasteiger charge is 2.39. The Morgan fingerprint density at radius 3 is 1.49 bits per heavy atom. The summed E-state index contributed by atoms with van der Waals surface area (Å²) in [7, 11) is -1.42. The first-order valence-electron chi connectivity index (χ1n) is 15.9. The molecule has 0 radical (unpaired) electrons. The van der Waals surface area contributed by atoms with Crippen LogP contribution in [-0.2, 0) is 10.8 Å². The van der Waals surface area contributed by atoms with Crippen LogP contribution in [0.15, 0.2) is 142 Å². The molecule has 2 aliphatic rings. The van der Waals surface area contributed by atoms with Crippen LogP contribution >= 0.6 is 54.5 Å². The number of hydrogen-bond donors (Lipinski definition) is 2. The number of hydrogen-bond acceptors (Lipinski definition) is 2. The highest BCUT2D eigenvalue weighted by Crippen LogP contribution is 2.52. The van der Waals surface area contributed by atoms with Gasteiger partial charge in [0.05, 0.1) is 0 Å². The maximum absolute atomic E-state index is 9.55. The van der Waals surface area contributed by atoms with E-state index in [0.717, 1.165) is 20.1 Å². The van der Waals surface area contributed by atoms with Crippen molar-refractivity contribution in [3.63, 3.8) is 0 Å². The van der Waals surface area contributed by atoms with Gasteiger partial charge in [-0.25, -0.2) is 0 Å². The first kappa shape index (κ1) is 37.3. The van der Waals surface area contributed by atoms with Gasteiger partial charge in [0.25, 0.3) is 0 Å². The molecule has 0 fully saturated rings. The molecule has 0 saturated heterocycles. The molecule has 0 atom stereocenters. The van der Waals surface area contributed by atoms with Gasteiger partial charge in [-0.3, -0.25) is 0 Å². The lowest BCUT2D eigenvalue weighted by molar-refractivity contribution is 0.424. The summed E-state index contributed by atoms with van der Waals surface area (Å²) in [4.78, 5) is 0. The third kappa shape index (κ3) is 7.27. The minimum atomic E-state index is -1.42. The standard InChI is InChI=1S/C21H17Br.C15H15BO2.C6H4BrI.CH4/c1-21(2)19-12-4-3-9-17(19)18-11-6-10-16(20(18)21)14-7-5-8-15(22)13-14;1-15(2)12-8-4-3-6-10(12)11-7-5-9-13(14(11)15)16(17)18;7-5-2-1-3-6(8)4-5;/h3-13H,1-2H3;3-9,17-18H,1-2H3;1-4H;1H4. The molecule has 0 amide bonds. The number of rotatable bonds is 2. The van der Waals surface area contributed by atoms with Gasteiger partial charge >= 0.3 is 7.12 Å². The summed E-state index contributed by atoms with van der Waals surface area (Å²) in [5.41, 5.74) is 13.2. The first-order chi connectivity index (χ1) is 22.9. The summed E-state index contributed by atoms with van der Waals surface area (Å²) in [5.74, 6) is 0. The van der Waals surface area contributed by atoms with E-state index in [9.17, 15) is 10.0 Å². The van der Waals surface area contributed by atoms with E-state index in [0.29, 0.717) is 5.46 Å². The van der Waals surface area contributed by atoms with Gasteiger partial charge in [0.15, 0.2) is 0 Å². The van der Waals surface area contributed by atoms with Crippen molar-refractivity contribution in [2.75, 3.05) is 0 Å². The van der Waals surface area contributed by atoms with Crippen molar-refractivity contribution in [3.05, 3.63) is 168 Å². The smallest absolute Gasteiger partial charge is 0.423 e. The molecule has 0 unspecified atom stereocenters. The van der Waals surface area contributed by atoms with Gasteiger partial charge in [-0.2, -0.15) is 0 Å². The lowest BCUT2D eigenvalue weighted by atomic mass is 9.69. The number of halogens is 3. The van der Waals surface area contributed by atoms with E-state index in [1.807, 2.05) is 30.3 Å². The molecule has 8 rings (SSSR count). The Morgan fingerprint density at radius 1 is 0.510 bits per heavy atom. The Hall–Kier alpha value is -3.01. The highest BCUT2D eigenvalue weighted by molar-refractivity contribution is 14.1. The van der Waals surface area contributed by atoms with Gasteiger partial charge in [-0.05, 0) is 114 Å². The monoisotopic (exact) mass is 884 g/mol. The van der Waals surface area contributed by atoms with Crippen molar-refractivity contribution in [3.8, 4) is 33.4 Å². The van der Waals surface area contributed by atoms with E-state index in [2.05, 4.69) is 179 Å². The third-order valence-electron chi connectivity index (χ3n) is 9.39. The zero-order chi connectivity index (χ0) is 34.2. The van der Waals surface area contributed by atoms with Crippen LogP contribution in [0.3, 0.4) is 0 Å². The van der Waals surface area contributed by atoms with Crippen LogP contribution in [0.1, 0.15) is 57.4 Å². The van der Waals surface area contributed by atoms with E-state index >= 15 is 0 Å². The van der Waals surface area contributed by atoms with Gasteiger partial charge in [-0.15, -0.1) is 0 Å². The molecule has 6 heteroatoms. The van der Waals surface area contributed by atoms with Crippen LogP contribution in [-0.4, -0.2) is 17.2 Å². The summed E-state index contributed by atoms with van der Waals surface area (Å²) < 4.78 is 3.53. The maximum atomic E-state index is 9.55. The molecule has 6 aromatic rings. The average Bonchev–Trinajstić information content (AvgIpc) is 3.45. The first-order valence-corrected chi connectivity index (χ1v) is 18.6. The number of fused-ring (bicyclic) bond motifs is 6. The fourth-order valence-corrected chi connectivity index (χ4v) is 9.08. The maximum Gasteiger partial charge on any atom is 0.488 e. The van der Waals surface area contributed by atoms with Crippen LogP contribution in [0, 0.1) is 3.57 Å². The van der Waals surface area contributed by atoms with E-state index in [1.54, 1.807) is 6.07 Å². The zero-order valence-electron chi connectivity index (χ0n) is 27.3. The van der Waals surface area contributed by atoms with Gasteiger partial charge in [0.1, 0.15) is 0 Å². The predicted molar refractivity (Wildman–Crippen MR) is 225 cm³/mol. The third-order valence-corrected chi connectivity index (χ3v) is 11.1. The number of benzene rings is 6. The lowest BCUT2D eigenvalue weighted by Gasteiger charge is -2.24. The minimum Gasteiger partial charge on any atom is -0.423 e. The minimum absolute atomic E-state index is 0. The molecule has 0 aromatic heterocycles. The molecule has 0 heterocycles. The molecule has 2 nitrogen and oxygen atoms in total. The Kier molecular flexibility index (Phi) is 11.5. The fraction of sp³-hybridized carbons (Fsp3) is 0.163. The van der Waals surface area contributed by atoms with E-state index in [-0.39, 0.29) is 18.3 Å². The Morgan fingerprint density at radius 2 is 0.959 bits per heavy atom. The van der Waals surface area contributed by atoms with Crippen molar-refractivity contribution in [1.29, 1.82) is 0 Å². The highest BCUT2D eigenvalue weighted by atomic mass is 127. The molecule has 2 aliphatic carbocycles. The normalized spacial score (nSPS) is 13.6. The van der Waals surface area contributed by atoms with Crippen molar-refractivity contribution < 1.29 is 10.0 Å². The van der Waals surface area contributed by atoms with Crippen LogP contribution in [0.2, 0.25) is 0 Å². The van der Waals surface area contributed by atoms with Crippen molar-refractivity contribution in [1.82, 2.24) is 0 Å². The quantitative estimate of drug-likeness (QED) is 0.134. The van der Waals surface area contributed by atoms with Crippen molar-refractivity contribution >= 4 is 67.0 Å². The molecule has 2 N–H and O–H groups in total. The summed E-state index contributed by atoms with van der Waals surface area (Å²) >= 11 is 9.23. The molecular weight excluding hydrogens is 846 g/mol. The van der Waals surface area contributed by atoms with E-state index < -0.39 is 7.12 Å². The van der Waals surface area contributed by atoms with Crippen LogP contribution in [0.5, 0.6) is 0 Å². The Balaban J connectivity index is 0.000000156. The van der Waals surface area contributed by atoms with Crippen LogP contribution < -0.4 is 5.46 Å². The Labute approximate surface area is 322 Å². The molecule has 0 spiro atoms. The summed E-state index contributed by atoms with van der Waals surface area (Å²) in [5, 5.41) is 19.1. The fourth-order valence-electron chi connectivity index (χ4n) is 7.31. The summed E-state index contributed by atoms with van der Waals surface area (Å²) in [6.45, 7) is 8.92. The molecular formula is C43H40BBr2IO2. The lowest BCUT2D eigenvalue weighted by Crippen LogP contribution is -2.37. The van der Waals surface area contributed by atoms with Gasteiger partial charge < -0.3 is 10.0 Å². The van der Waals surface area contributed by atoms with Gasteiger partial charge in [0, 0.05) is 23.3 Å². The second kappa shape index (κ2) is 15.1. The molecule has 0 saturated carbocycles. The average molecular weight is 886 g/mol. The van der Waals surface area contributed by atoms with Gasteiger partial charge in [-0.1, -0.05) is 170 Å². The van der Waals surface area contributed by atoms with Crippen molar-refractivity contribution in [2.45, 2.75) is 46.0 Å². The topological polar surface area (TPSA) is 40.5 Å². The molecule has 248 valence electrons. The van der Waals surface area contributed by atoms with E-state index in [1.165, 1.54) is 48.1 Å². The van der Waals surface area contributed by atoms with E-state index in [4.69, 9.17) is 0 Å². The predicted octanol–water partition coefficient (Wildman–Crippen LogP) is 11.8. The van der Waals surface area contributed by atoms with Gasteiger partial charge in [0.2, 0.25) is 0 Å². The second-order valence-electron chi connectivity index (χ2n) is 13.2. The molecule has 0 bridgehead atoms. The molecule has 49 heavy (non-hydrogen) atoms. The second-order valence-corrected chi connectivity index (χ2v) is 16.2. The zero-order valence-corrected chi connectivity index (χ0v) is 32.6. The van der Waals surface area contributed by atoms with Crippen molar-refractivity contribution in [2.24, 2.45) is 0 Å².